The zero-order valence-electron chi connectivity index (χ0n) is 16.4. The summed E-state index contributed by atoms with van der Waals surface area (Å²) < 4.78 is 59.8. The first-order valence-electron chi connectivity index (χ1n) is 9.44. The molecule has 1 N–H and O–H groups in total. The number of rotatable bonds is 6. The van der Waals surface area contributed by atoms with E-state index in [0.29, 0.717) is 0 Å². The van der Waals surface area contributed by atoms with Crippen LogP contribution in [0.1, 0.15) is 18.5 Å². The van der Waals surface area contributed by atoms with Gasteiger partial charge in [-0.2, -0.15) is 4.98 Å². The average Bonchev–Trinajstić information content (AvgIpc) is 3.19. The van der Waals surface area contributed by atoms with Gasteiger partial charge in [0.2, 0.25) is 26.6 Å². The topological polar surface area (TPSA) is 72.2 Å². The number of nitrogens with zero attached hydrogens (tertiary/aromatic N) is 1. The van der Waals surface area contributed by atoms with E-state index in [0.717, 1.165) is 29.8 Å². The highest BCUT2D eigenvalue weighted by Gasteiger charge is 2.30. The Labute approximate surface area is 178 Å². The Morgan fingerprint density at radius 3 is 2.23 bits per heavy atom. The minimum atomic E-state index is -4.17. The number of anilines is 1. The van der Waals surface area contributed by atoms with Crippen LogP contribution in [0, 0.1) is 11.6 Å². The van der Waals surface area contributed by atoms with E-state index in [1.807, 2.05) is 37.3 Å². The lowest BCUT2D eigenvalue weighted by molar-refractivity contribution is 0.561. The van der Waals surface area contributed by atoms with Crippen molar-refractivity contribution in [2.45, 2.75) is 22.9 Å². The SMILES string of the molecule is CC(Nc1oc(-c2ccccc2F)nc1S(=O)(=O)c1ccc(F)cc1)c1ccccc1. The van der Waals surface area contributed by atoms with Crippen molar-refractivity contribution < 1.29 is 21.6 Å². The summed E-state index contributed by atoms with van der Waals surface area (Å²) in [5.41, 5.74) is 0.912. The van der Waals surface area contributed by atoms with Crippen molar-refractivity contribution >= 4 is 15.7 Å². The highest BCUT2D eigenvalue weighted by atomic mass is 32.2. The number of benzene rings is 3. The van der Waals surface area contributed by atoms with E-state index in [-0.39, 0.29) is 28.3 Å². The van der Waals surface area contributed by atoms with Gasteiger partial charge in [0, 0.05) is 0 Å². The summed E-state index contributed by atoms with van der Waals surface area (Å²) in [5, 5.41) is 2.62. The summed E-state index contributed by atoms with van der Waals surface area (Å²) in [6.45, 7) is 1.83. The molecule has 1 atom stereocenters. The molecule has 0 aliphatic heterocycles. The van der Waals surface area contributed by atoms with E-state index >= 15 is 0 Å². The molecule has 8 heteroatoms. The maximum atomic E-state index is 14.3. The minimum absolute atomic E-state index is 0.0264. The molecule has 0 saturated carbocycles. The third-order valence-corrected chi connectivity index (χ3v) is 6.40. The van der Waals surface area contributed by atoms with Crippen molar-refractivity contribution in [2.24, 2.45) is 0 Å². The molecule has 0 radical (unpaired) electrons. The van der Waals surface area contributed by atoms with Crippen LogP contribution < -0.4 is 5.32 Å². The molecule has 3 aromatic carbocycles. The fourth-order valence-electron chi connectivity index (χ4n) is 3.08. The predicted molar refractivity (Wildman–Crippen MR) is 112 cm³/mol. The van der Waals surface area contributed by atoms with Crippen molar-refractivity contribution in [3.8, 4) is 11.5 Å². The van der Waals surface area contributed by atoms with Gasteiger partial charge in [0.15, 0.2) is 0 Å². The Hall–Kier alpha value is -3.52. The summed E-state index contributed by atoms with van der Waals surface area (Å²) in [4.78, 5) is 3.95. The van der Waals surface area contributed by atoms with Crippen molar-refractivity contribution in [3.63, 3.8) is 0 Å². The van der Waals surface area contributed by atoms with Crippen LogP contribution in [-0.4, -0.2) is 13.4 Å². The minimum Gasteiger partial charge on any atom is -0.419 e. The lowest BCUT2D eigenvalue weighted by atomic mass is 10.1. The van der Waals surface area contributed by atoms with Gasteiger partial charge in [0.1, 0.15) is 11.6 Å². The summed E-state index contributed by atoms with van der Waals surface area (Å²) in [5.74, 6) is -1.47. The Balaban J connectivity index is 1.82. The van der Waals surface area contributed by atoms with E-state index < -0.39 is 26.5 Å². The van der Waals surface area contributed by atoms with Crippen LogP contribution >= 0.6 is 0 Å². The lowest BCUT2D eigenvalue weighted by Gasteiger charge is -2.14. The van der Waals surface area contributed by atoms with Gasteiger partial charge in [-0.15, -0.1) is 0 Å². The number of sulfone groups is 1. The van der Waals surface area contributed by atoms with Gasteiger partial charge < -0.3 is 9.73 Å². The highest BCUT2D eigenvalue weighted by molar-refractivity contribution is 7.91. The first-order chi connectivity index (χ1) is 14.9. The molecule has 1 heterocycles. The Morgan fingerprint density at radius 2 is 1.55 bits per heavy atom. The second-order valence-corrected chi connectivity index (χ2v) is 8.73. The number of hydrogen-bond donors (Lipinski definition) is 1. The maximum absolute atomic E-state index is 14.3. The second-order valence-electron chi connectivity index (χ2n) is 6.87. The Morgan fingerprint density at radius 1 is 0.903 bits per heavy atom. The summed E-state index contributed by atoms with van der Waals surface area (Å²) >= 11 is 0. The maximum Gasteiger partial charge on any atom is 0.234 e. The van der Waals surface area contributed by atoms with Gasteiger partial charge in [0.25, 0.3) is 0 Å². The predicted octanol–water partition coefficient (Wildman–Crippen LogP) is 5.63. The van der Waals surface area contributed by atoms with E-state index in [2.05, 4.69) is 10.3 Å². The van der Waals surface area contributed by atoms with E-state index in [1.54, 1.807) is 6.07 Å². The zero-order valence-corrected chi connectivity index (χ0v) is 17.2. The second kappa shape index (κ2) is 8.31. The molecule has 0 bridgehead atoms. The molecular formula is C23H18F2N2O3S. The van der Waals surface area contributed by atoms with Crippen LogP contribution in [0.4, 0.5) is 14.7 Å². The molecule has 0 amide bonds. The van der Waals surface area contributed by atoms with Crippen LogP contribution in [0.2, 0.25) is 0 Å². The molecule has 1 aromatic heterocycles. The molecule has 0 spiro atoms. The molecule has 0 aliphatic carbocycles. The van der Waals surface area contributed by atoms with Crippen molar-refractivity contribution in [1.82, 2.24) is 4.98 Å². The normalized spacial score (nSPS) is 12.5. The van der Waals surface area contributed by atoms with Gasteiger partial charge in [-0.1, -0.05) is 42.5 Å². The average molecular weight is 440 g/mol. The van der Waals surface area contributed by atoms with Gasteiger partial charge in [-0.05, 0) is 48.9 Å². The van der Waals surface area contributed by atoms with Crippen LogP contribution in [-0.2, 0) is 9.84 Å². The number of aromatic nitrogens is 1. The number of oxazole rings is 1. The Bertz CT molecular complexity index is 1300. The molecule has 0 fully saturated rings. The number of halogens is 2. The third kappa shape index (κ3) is 4.20. The molecule has 31 heavy (non-hydrogen) atoms. The van der Waals surface area contributed by atoms with Gasteiger partial charge in [-0.3, -0.25) is 0 Å². The van der Waals surface area contributed by atoms with Gasteiger partial charge >= 0.3 is 0 Å². The van der Waals surface area contributed by atoms with Crippen LogP contribution in [0.5, 0.6) is 0 Å². The summed E-state index contributed by atoms with van der Waals surface area (Å²) in [7, 11) is -4.17. The summed E-state index contributed by atoms with van der Waals surface area (Å²) in [6, 6.07) is 19.2. The third-order valence-electron chi connectivity index (χ3n) is 4.73. The van der Waals surface area contributed by atoms with Crippen LogP contribution in [0.25, 0.3) is 11.5 Å². The summed E-state index contributed by atoms with van der Waals surface area (Å²) in [6.07, 6.45) is 0. The lowest BCUT2D eigenvalue weighted by Crippen LogP contribution is -2.10. The first kappa shape index (κ1) is 20.7. The van der Waals surface area contributed by atoms with Crippen molar-refractivity contribution in [2.75, 3.05) is 5.32 Å². The van der Waals surface area contributed by atoms with Gasteiger partial charge in [0.05, 0.1) is 16.5 Å². The molecule has 0 saturated heterocycles. The molecule has 4 rings (SSSR count). The van der Waals surface area contributed by atoms with E-state index in [1.165, 1.54) is 18.2 Å². The molecule has 158 valence electrons. The monoisotopic (exact) mass is 440 g/mol. The molecular weight excluding hydrogens is 422 g/mol. The highest BCUT2D eigenvalue weighted by Crippen LogP contribution is 2.35. The van der Waals surface area contributed by atoms with E-state index in [4.69, 9.17) is 4.42 Å². The quantitative estimate of drug-likeness (QED) is 0.394. The Kier molecular flexibility index (Phi) is 5.56. The smallest absolute Gasteiger partial charge is 0.234 e. The fourth-order valence-corrected chi connectivity index (χ4v) is 4.34. The van der Waals surface area contributed by atoms with Crippen molar-refractivity contribution in [3.05, 3.63) is 96.1 Å². The van der Waals surface area contributed by atoms with Crippen LogP contribution in [0.15, 0.2) is 93.2 Å². The van der Waals surface area contributed by atoms with Gasteiger partial charge in [-0.25, -0.2) is 17.2 Å². The largest absolute Gasteiger partial charge is 0.419 e. The zero-order chi connectivity index (χ0) is 22.0. The van der Waals surface area contributed by atoms with Crippen molar-refractivity contribution in [1.29, 1.82) is 0 Å². The fraction of sp³-hybridized carbons (Fsp3) is 0.0870. The molecule has 0 aliphatic rings. The van der Waals surface area contributed by atoms with E-state index in [9.17, 15) is 17.2 Å². The standard InChI is InChI=1S/C23H18F2N2O3S/c1-15(16-7-3-2-4-8-16)26-22-23(31(28,29)18-13-11-17(24)12-14-18)27-21(30-22)19-9-5-6-10-20(19)25/h2-15,26H,1H3. The number of nitrogens with one attached hydrogen (secondary N) is 1. The molecule has 5 nitrogen and oxygen atoms in total. The first-order valence-corrected chi connectivity index (χ1v) is 10.9. The molecule has 4 aromatic rings. The molecule has 1 unspecified atom stereocenters. The number of hydrogen-bond acceptors (Lipinski definition) is 5. The van der Waals surface area contributed by atoms with Crippen LogP contribution in [0.3, 0.4) is 0 Å².